The lowest BCUT2D eigenvalue weighted by atomic mass is 10.1. The summed E-state index contributed by atoms with van der Waals surface area (Å²) in [5.74, 6) is -0.424. The van der Waals surface area contributed by atoms with Crippen LogP contribution in [0.5, 0.6) is 5.75 Å². The number of benzene rings is 1. The van der Waals surface area contributed by atoms with E-state index in [4.69, 9.17) is 5.11 Å². The standard InChI is InChI=1S/C10H12O4/c1-14-10(13)6-9(12)7-3-2-4-8(11)5-7/h2-5,9,11-12H,6H2,1H3/t9-/m0/s1. The first-order valence-corrected chi connectivity index (χ1v) is 4.17. The Morgan fingerprint density at radius 1 is 1.57 bits per heavy atom. The van der Waals surface area contributed by atoms with Crippen molar-refractivity contribution in [3.8, 4) is 5.75 Å². The normalized spacial score (nSPS) is 12.1. The van der Waals surface area contributed by atoms with E-state index in [0.717, 1.165) is 0 Å². The molecular weight excluding hydrogens is 184 g/mol. The Kier molecular flexibility index (Phi) is 3.48. The number of carbonyl (C=O) groups is 1. The maximum absolute atomic E-state index is 10.8. The average Bonchev–Trinajstić information content (AvgIpc) is 2.17. The first-order valence-electron chi connectivity index (χ1n) is 4.17. The van der Waals surface area contributed by atoms with E-state index in [9.17, 15) is 9.90 Å². The van der Waals surface area contributed by atoms with E-state index in [1.807, 2.05) is 0 Å². The number of ether oxygens (including phenoxy) is 1. The molecule has 0 radical (unpaired) electrons. The van der Waals surface area contributed by atoms with E-state index in [1.54, 1.807) is 12.1 Å². The molecule has 1 rings (SSSR count). The minimum atomic E-state index is -0.936. The molecule has 0 aliphatic rings. The van der Waals surface area contributed by atoms with Crippen LogP contribution in [0.2, 0.25) is 0 Å². The predicted octanol–water partition coefficient (Wildman–Crippen LogP) is 0.989. The summed E-state index contributed by atoms with van der Waals surface area (Å²) in [6, 6.07) is 6.14. The smallest absolute Gasteiger partial charge is 0.308 e. The lowest BCUT2D eigenvalue weighted by Crippen LogP contribution is -2.07. The summed E-state index contributed by atoms with van der Waals surface area (Å²) in [7, 11) is 1.26. The van der Waals surface area contributed by atoms with Gasteiger partial charge in [-0.05, 0) is 17.7 Å². The third-order valence-corrected chi connectivity index (χ3v) is 1.84. The lowest BCUT2D eigenvalue weighted by molar-refractivity contribution is -0.142. The second-order valence-electron chi connectivity index (χ2n) is 2.89. The minimum Gasteiger partial charge on any atom is -0.508 e. The summed E-state index contributed by atoms with van der Waals surface area (Å²) < 4.78 is 4.41. The molecule has 0 heterocycles. The summed E-state index contributed by atoms with van der Waals surface area (Å²) >= 11 is 0. The highest BCUT2D eigenvalue weighted by atomic mass is 16.5. The van der Waals surface area contributed by atoms with Gasteiger partial charge in [-0.1, -0.05) is 12.1 Å². The van der Waals surface area contributed by atoms with Crippen LogP contribution >= 0.6 is 0 Å². The van der Waals surface area contributed by atoms with Gasteiger partial charge >= 0.3 is 5.97 Å². The molecule has 0 saturated carbocycles. The zero-order valence-electron chi connectivity index (χ0n) is 7.80. The number of methoxy groups -OCH3 is 1. The largest absolute Gasteiger partial charge is 0.508 e. The molecule has 0 unspecified atom stereocenters. The number of hydrogen-bond donors (Lipinski definition) is 2. The van der Waals surface area contributed by atoms with Crippen molar-refractivity contribution in [3.05, 3.63) is 29.8 Å². The van der Waals surface area contributed by atoms with Gasteiger partial charge in [0, 0.05) is 0 Å². The first-order chi connectivity index (χ1) is 6.63. The molecule has 0 bridgehead atoms. The first kappa shape index (κ1) is 10.5. The van der Waals surface area contributed by atoms with Gasteiger partial charge in [-0.25, -0.2) is 0 Å². The fourth-order valence-corrected chi connectivity index (χ4v) is 1.09. The molecule has 1 aromatic carbocycles. The predicted molar refractivity (Wildman–Crippen MR) is 49.7 cm³/mol. The van der Waals surface area contributed by atoms with Crippen molar-refractivity contribution in [1.29, 1.82) is 0 Å². The van der Waals surface area contributed by atoms with Crippen LogP contribution in [-0.4, -0.2) is 23.3 Å². The lowest BCUT2D eigenvalue weighted by Gasteiger charge is -2.09. The maximum Gasteiger partial charge on any atom is 0.308 e. The SMILES string of the molecule is COC(=O)C[C@H](O)c1cccc(O)c1. The summed E-state index contributed by atoms with van der Waals surface area (Å²) in [6.45, 7) is 0. The van der Waals surface area contributed by atoms with Crippen molar-refractivity contribution < 1.29 is 19.7 Å². The van der Waals surface area contributed by atoms with Crippen molar-refractivity contribution in [2.75, 3.05) is 7.11 Å². The Bertz CT molecular complexity index is 322. The molecule has 14 heavy (non-hydrogen) atoms. The van der Waals surface area contributed by atoms with E-state index in [2.05, 4.69) is 4.74 Å². The van der Waals surface area contributed by atoms with Gasteiger partial charge < -0.3 is 14.9 Å². The Balaban J connectivity index is 2.69. The van der Waals surface area contributed by atoms with Gasteiger partial charge in [-0.2, -0.15) is 0 Å². The van der Waals surface area contributed by atoms with Gasteiger partial charge in [-0.15, -0.1) is 0 Å². The Labute approximate surface area is 81.8 Å². The Morgan fingerprint density at radius 2 is 2.29 bits per heavy atom. The zero-order valence-corrected chi connectivity index (χ0v) is 7.80. The number of aliphatic hydroxyl groups excluding tert-OH is 1. The van der Waals surface area contributed by atoms with E-state index in [0.29, 0.717) is 5.56 Å². The molecule has 0 aliphatic heterocycles. The second kappa shape index (κ2) is 4.62. The second-order valence-corrected chi connectivity index (χ2v) is 2.89. The van der Waals surface area contributed by atoms with Crippen LogP contribution in [-0.2, 0) is 9.53 Å². The highest BCUT2D eigenvalue weighted by molar-refractivity contribution is 5.70. The molecule has 1 atom stereocenters. The fraction of sp³-hybridized carbons (Fsp3) is 0.300. The van der Waals surface area contributed by atoms with E-state index < -0.39 is 12.1 Å². The van der Waals surface area contributed by atoms with Crippen LogP contribution in [0.4, 0.5) is 0 Å². The number of aliphatic hydroxyl groups is 1. The van der Waals surface area contributed by atoms with Crippen LogP contribution in [0, 0.1) is 0 Å². The number of rotatable bonds is 3. The molecule has 4 nitrogen and oxygen atoms in total. The highest BCUT2D eigenvalue weighted by Gasteiger charge is 2.13. The molecule has 1 aromatic rings. The summed E-state index contributed by atoms with van der Waals surface area (Å²) in [5.41, 5.74) is 0.496. The number of carbonyl (C=O) groups excluding carboxylic acids is 1. The number of hydrogen-bond acceptors (Lipinski definition) is 4. The fourth-order valence-electron chi connectivity index (χ4n) is 1.09. The Hall–Kier alpha value is -1.55. The van der Waals surface area contributed by atoms with Crippen LogP contribution in [0.25, 0.3) is 0 Å². The molecule has 0 fully saturated rings. The van der Waals surface area contributed by atoms with Crippen molar-refractivity contribution >= 4 is 5.97 Å². The molecular formula is C10H12O4. The van der Waals surface area contributed by atoms with E-state index >= 15 is 0 Å². The van der Waals surface area contributed by atoms with Gasteiger partial charge in [0.25, 0.3) is 0 Å². The molecule has 0 saturated heterocycles. The van der Waals surface area contributed by atoms with Crippen LogP contribution < -0.4 is 0 Å². The van der Waals surface area contributed by atoms with Gasteiger partial charge in [0.2, 0.25) is 0 Å². The quantitative estimate of drug-likeness (QED) is 0.707. The zero-order chi connectivity index (χ0) is 10.6. The number of phenolic OH excluding ortho intramolecular Hbond substituents is 1. The average molecular weight is 196 g/mol. The minimum absolute atomic E-state index is 0.0615. The number of aromatic hydroxyl groups is 1. The van der Waals surface area contributed by atoms with Gasteiger partial charge in [0.1, 0.15) is 5.75 Å². The maximum atomic E-state index is 10.8. The van der Waals surface area contributed by atoms with E-state index in [1.165, 1.54) is 19.2 Å². The third-order valence-electron chi connectivity index (χ3n) is 1.84. The van der Waals surface area contributed by atoms with Gasteiger partial charge in [0.15, 0.2) is 0 Å². The summed E-state index contributed by atoms with van der Waals surface area (Å²) in [5, 5.41) is 18.7. The Morgan fingerprint density at radius 3 is 2.86 bits per heavy atom. The third kappa shape index (κ3) is 2.74. The number of esters is 1. The van der Waals surface area contributed by atoms with Crippen LogP contribution in [0.3, 0.4) is 0 Å². The molecule has 0 aromatic heterocycles. The van der Waals surface area contributed by atoms with E-state index in [-0.39, 0.29) is 12.2 Å². The molecule has 76 valence electrons. The summed E-state index contributed by atoms with van der Waals surface area (Å²) in [4.78, 5) is 10.8. The highest BCUT2D eigenvalue weighted by Crippen LogP contribution is 2.20. The van der Waals surface area contributed by atoms with Gasteiger partial charge in [-0.3, -0.25) is 4.79 Å². The van der Waals surface area contributed by atoms with Crippen LogP contribution in [0.1, 0.15) is 18.1 Å². The molecule has 2 N–H and O–H groups in total. The van der Waals surface area contributed by atoms with Crippen molar-refractivity contribution in [2.24, 2.45) is 0 Å². The molecule has 0 aliphatic carbocycles. The van der Waals surface area contributed by atoms with Crippen molar-refractivity contribution in [2.45, 2.75) is 12.5 Å². The summed E-state index contributed by atoms with van der Waals surface area (Å²) in [6.07, 6.45) is -1.05. The molecule has 0 spiro atoms. The van der Waals surface area contributed by atoms with Crippen molar-refractivity contribution in [1.82, 2.24) is 0 Å². The van der Waals surface area contributed by atoms with Crippen LogP contribution in [0.15, 0.2) is 24.3 Å². The van der Waals surface area contributed by atoms with Crippen molar-refractivity contribution in [3.63, 3.8) is 0 Å². The monoisotopic (exact) mass is 196 g/mol. The van der Waals surface area contributed by atoms with Gasteiger partial charge in [0.05, 0.1) is 19.6 Å². The molecule has 4 heteroatoms. The number of phenols is 1. The molecule has 0 amide bonds. The topological polar surface area (TPSA) is 66.8 Å².